The van der Waals surface area contributed by atoms with Crippen molar-refractivity contribution in [2.45, 2.75) is 18.0 Å². The average Bonchev–Trinajstić information content (AvgIpc) is 2.55. The Hall–Kier alpha value is -2.55. The number of carbonyl (C=O) groups is 1. The molecule has 2 aromatic carbocycles. The number of alkyl halides is 3. The first-order valence-electron chi connectivity index (χ1n) is 7.50. The first kappa shape index (κ1) is 19.8. The molecule has 2 aromatic rings. The molecular weight excluding hydrogens is 369 g/mol. The van der Waals surface area contributed by atoms with Crippen LogP contribution < -0.4 is 4.72 Å². The van der Waals surface area contributed by atoms with E-state index in [1.54, 1.807) is 31.2 Å². The lowest BCUT2D eigenvalue weighted by atomic mass is 10.2. The number of hydrogen-bond acceptors (Lipinski definition) is 3. The molecule has 0 heterocycles. The molecule has 0 saturated heterocycles. The molecule has 140 valence electrons. The molecule has 2 rings (SSSR count). The Bertz CT molecular complexity index is 894. The van der Waals surface area contributed by atoms with Crippen LogP contribution in [0.25, 0.3) is 0 Å². The van der Waals surface area contributed by atoms with Gasteiger partial charge in [-0.1, -0.05) is 18.2 Å². The highest BCUT2D eigenvalue weighted by Gasteiger charge is 2.31. The van der Waals surface area contributed by atoms with Gasteiger partial charge in [0.1, 0.15) is 6.54 Å². The Morgan fingerprint density at radius 3 is 2.19 bits per heavy atom. The Morgan fingerprint density at radius 1 is 1.08 bits per heavy atom. The maximum absolute atomic E-state index is 12.4. The molecule has 9 heteroatoms. The number of aryl methyl sites for hydroxylation is 1. The summed E-state index contributed by atoms with van der Waals surface area (Å²) in [5.74, 6) is -0.849. The Balaban J connectivity index is 2.18. The zero-order chi connectivity index (χ0) is 19.5. The van der Waals surface area contributed by atoms with E-state index in [2.05, 4.69) is 4.72 Å². The van der Waals surface area contributed by atoms with Gasteiger partial charge >= 0.3 is 6.18 Å². The van der Waals surface area contributed by atoms with Crippen LogP contribution in [-0.2, 0) is 10.0 Å². The van der Waals surface area contributed by atoms with E-state index < -0.39 is 28.7 Å². The van der Waals surface area contributed by atoms with Gasteiger partial charge in [-0.05, 0) is 42.8 Å². The maximum atomic E-state index is 12.4. The van der Waals surface area contributed by atoms with Crippen molar-refractivity contribution in [2.75, 3.05) is 18.3 Å². The number of anilines is 1. The Kier molecular flexibility index (Phi) is 5.60. The third-order valence-electron chi connectivity index (χ3n) is 3.56. The van der Waals surface area contributed by atoms with Gasteiger partial charge < -0.3 is 4.90 Å². The highest BCUT2D eigenvalue weighted by atomic mass is 32.2. The molecule has 0 unspecified atom stereocenters. The van der Waals surface area contributed by atoms with Gasteiger partial charge in [-0.3, -0.25) is 9.52 Å². The third kappa shape index (κ3) is 4.98. The molecule has 0 bridgehead atoms. The summed E-state index contributed by atoms with van der Waals surface area (Å²) >= 11 is 0. The molecule has 0 fully saturated rings. The minimum Gasteiger partial charge on any atom is -0.333 e. The van der Waals surface area contributed by atoms with Crippen LogP contribution >= 0.6 is 0 Å². The van der Waals surface area contributed by atoms with E-state index in [4.69, 9.17) is 0 Å². The van der Waals surface area contributed by atoms with E-state index in [0.717, 1.165) is 12.6 Å². The normalized spacial score (nSPS) is 11.9. The van der Waals surface area contributed by atoms with Crippen LogP contribution in [0.3, 0.4) is 0 Å². The summed E-state index contributed by atoms with van der Waals surface area (Å²) in [6.45, 7) is 0.358. The molecule has 0 aliphatic rings. The number of para-hydroxylation sites is 1. The molecule has 26 heavy (non-hydrogen) atoms. The van der Waals surface area contributed by atoms with Crippen LogP contribution in [0.1, 0.15) is 15.9 Å². The van der Waals surface area contributed by atoms with E-state index in [0.29, 0.717) is 10.6 Å². The molecule has 0 aliphatic carbocycles. The number of nitrogens with one attached hydrogen (secondary N) is 1. The Morgan fingerprint density at radius 2 is 1.65 bits per heavy atom. The van der Waals surface area contributed by atoms with E-state index in [-0.39, 0.29) is 10.5 Å². The second-order valence-electron chi connectivity index (χ2n) is 5.72. The number of sulfonamides is 1. The van der Waals surface area contributed by atoms with Crippen LogP contribution in [0.4, 0.5) is 18.9 Å². The van der Waals surface area contributed by atoms with Crippen LogP contribution in [-0.4, -0.2) is 39.0 Å². The zero-order valence-electron chi connectivity index (χ0n) is 14.0. The van der Waals surface area contributed by atoms with Gasteiger partial charge in [0, 0.05) is 12.6 Å². The second kappa shape index (κ2) is 7.36. The average molecular weight is 386 g/mol. The summed E-state index contributed by atoms with van der Waals surface area (Å²) in [4.78, 5) is 12.4. The van der Waals surface area contributed by atoms with Gasteiger partial charge in [0.2, 0.25) is 0 Å². The summed E-state index contributed by atoms with van der Waals surface area (Å²) in [5, 5.41) is 0. The maximum Gasteiger partial charge on any atom is 0.406 e. The molecule has 5 nitrogen and oxygen atoms in total. The summed E-state index contributed by atoms with van der Waals surface area (Å²) in [6, 6.07) is 11.5. The van der Waals surface area contributed by atoms with E-state index in [1.165, 1.54) is 24.3 Å². The van der Waals surface area contributed by atoms with Gasteiger partial charge in [0.15, 0.2) is 0 Å². The number of halogens is 3. The van der Waals surface area contributed by atoms with Crippen molar-refractivity contribution in [3.8, 4) is 0 Å². The van der Waals surface area contributed by atoms with Crippen LogP contribution in [0, 0.1) is 6.92 Å². The number of nitrogens with zero attached hydrogens (tertiary/aromatic N) is 1. The lowest BCUT2D eigenvalue weighted by molar-refractivity contribution is -0.138. The lowest BCUT2D eigenvalue weighted by Gasteiger charge is -2.19. The quantitative estimate of drug-likeness (QED) is 0.856. The first-order valence-corrected chi connectivity index (χ1v) is 8.99. The summed E-state index contributed by atoms with van der Waals surface area (Å²) < 4.78 is 64.3. The van der Waals surface area contributed by atoms with E-state index in [1.807, 2.05) is 0 Å². The molecule has 0 spiro atoms. The second-order valence-corrected chi connectivity index (χ2v) is 7.40. The highest BCUT2D eigenvalue weighted by Crippen LogP contribution is 2.21. The minimum absolute atomic E-state index is 0.0356. The molecule has 1 amide bonds. The van der Waals surface area contributed by atoms with Gasteiger partial charge in [0.25, 0.3) is 15.9 Å². The molecule has 0 atom stereocenters. The summed E-state index contributed by atoms with van der Waals surface area (Å²) in [7, 11) is -2.85. The fraction of sp³-hybridized carbons (Fsp3) is 0.235. The van der Waals surface area contributed by atoms with Gasteiger partial charge in [-0.2, -0.15) is 13.2 Å². The molecular formula is C17H17F3N2O3S. The van der Waals surface area contributed by atoms with Crippen molar-refractivity contribution >= 4 is 21.6 Å². The number of benzene rings is 2. The third-order valence-corrected chi connectivity index (χ3v) is 4.95. The van der Waals surface area contributed by atoms with Crippen LogP contribution in [0.15, 0.2) is 53.4 Å². The lowest BCUT2D eigenvalue weighted by Crippen LogP contribution is -2.35. The molecule has 1 N–H and O–H groups in total. The predicted octanol–water partition coefficient (Wildman–Crippen LogP) is 3.43. The van der Waals surface area contributed by atoms with E-state index >= 15 is 0 Å². The summed E-state index contributed by atoms with van der Waals surface area (Å²) in [5.41, 5.74) is 1.11. The van der Waals surface area contributed by atoms with Crippen LogP contribution in [0.5, 0.6) is 0 Å². The monoisotopic (exact) mass is 386 g/mol. The van der Waals surface area contributed by atoms with Gasteiger partial charge in [-0.25, -0.2) is 8.42 Å². The predicted molar refractivity (Wildman–Crippen MR) is 91.4 cm³/mol. The standard InChI is InChI=1S/C17H17F3N2O3S/c1-12-5-3-4-6-15(12)21-26(24,25)14-9-7-13(8-10-14)16(23)22(2)11-17(18,19)20/h3-10,21H,11H2,1-2H3. The minimum atomic E-state index is -4.51. The van der Waals surface area contributed by atoms with E-state index in [9.17, 15) is 26.4 Å². The van der Waals surface area contributed by atoms with Gasteiger partial charge in [0.05, 0.1) is 10.6 Å². The van der Waals surface area contributed by atoms with Crippen molar-refractivity contribution in [3.63, 3.8) is 0 Å². The fourth-order valence-corrected chi connectivity index (χ4v) is 3.36. The largest absolute Gasteiger partial charge is 0.406 e. The number of hydrogen-bond donors (Lipinski definition) is 1. The summed E-state index contributed by atoms with van der Waals surface area (Å²) in [6.07, 6.45) is -4.51. The van der Waals surface area contributed by atoms with Gasteiger partial charge in [-0.15, -0.1) is 0 Å². The Labute approximate surface area is 149 Å². The van der Waals surface area contributed by atoms with Crippen molar-refractivity contribution in [1.29, 1.82) is 0 Å². The highest BCUT2D eigenvalue weighted by molar-refractivity contribution is 7.92. The topological polar surface area (TPSA) is 66.5 Å². The number of rotatable bonds is 5. The molecule has 0 radical (unpaired) electrons. The molecule has 0 aromatic heterocycles. The van der Waals surface area contributed by atoms with Crippen molar-refractivity contribution in [2.24, 2.45) is 0 Å². The zero-order valence-corrected chi connectivity index (χ0v) is 14.9. The smallest absolute Gasteiger partial charge is 0.333 e. The molecule has 0 aliphatic heterocycles. The first-order chi connectivity index (χ1) is 12.0. The SMILES string of the molecule is Cc1ccccc1NS(=O)(=O)c1ccc(C(=O)N(C)CC(F)(F)F)cc1. The van der Waals surface area contributed by atoms with Crippen molar-refractivity contribution in [1.82, 2.24) is 4.90 Å². The number of amides is 1. The number of carbonyl (C=O) groups excluding carboxylic acids is 1. The fourth-order valence-electron chi connectivity index (χ4n) is 2.23. The van der Waals surface area contributed by atoms with Crippen molar-refractivity contribution < 1.29 is 26.4 Å². The van der Waals surface area contributed by atoms with Crippen molar-refractivity contribution in [3.05, 3.63) is 59.7 Å². The van der Waals surface area contributed by atoms with Crippen LogP contribution in [0.2, 0.25) is 0 Å². The molecule has 0 saturated carbocycles.